The van der Waals surface area contributed by atoms with Crippen LogP contribution >= 0.6 is 34.7 Å². The van der Waals surface area contributed by atoms with E-state index < -0.39 is 0 Å². The minimum Gasteiger partial charge on any atom is -0.344 e. The maximum absolute atomic E-state index is 11.9. The van der Waals surface area contributed by atoms with Crippen LogP contribution in [-0.4, -0.2) is 40.3 Å². The Bertz CT molecular complexity index is 715. The molecule has 120 valence electrons. The molecule has 0 saturated carbocycles. The second-order valence-electron chi connectivity index (χ2n) is 4.52. The standard InChI is InChI=1S/C14H14ClN5OS2/c1-20(7-3-6-16)12(21)9-22-14-19-18-13(23-14)17-11-5-2-4-10(15)8-11/h2,4-5,8H,3,7,9H2,1H3,(H,17,18). The zero-order chi connectivity index (χ0) is 16.7. The number of halogens is 1. The molecular formula is C14H14ClN5OS2. The summed E-state index contributed by atoms with van der Waals surface area (Å²) in [5.41, 5.74) is 0.831. The summed E-state index contributed by atoms with van der Waals surface area (Å²) in [6.07, 6.45) is 0.333. The van der Waals surface area contributed by atoms with Gasteiger partial charge in [-0.25, -0.2) is 0 Å². The van der Waals surface area contributed by atoms with E-state index in [1.54, 1.807) is 24.1 Å². The first kappa shape index (κ1) is 17.5. The molecule has 0 radical (unpaired) electrons. The van der Waals surface area contributed by atoms with Gasteiger partial charge in [-0.3, -0.25) is 4.79 Å². The van der Waals surface area contributed by atoms with Gasteiger partial charge in [-0.2, -0.15) is 5.26 Å². The summed E-state index contributed by atoms with van der Waals surface area (Å²) in [7, 11) is 1.69. The minimum absolute atomic E-state index is 0.0372. The maximum Gasteiger partial charge on any atom is 0.232 e. The van der Waals surface area contributed by atoms with Crippen LogP contribution < -0.4 is 5.32 Å². The van der Waals surface area contributed by atoms with Crippen LogP contribution in [0.2, 0.25) is 5.02 Å². The van der Waals surface area contributed by atoms with Gasteiger partial charge in [0.25, 0.3) is 0 Å². The molecule has 6 nitrogen and oxygen atoms in total. The lowest BCUT2D eigenvalue weighted by molar-refractivity contribution is -0.127. The quantitative estimate of drug-likeness (QED) is 0.755. The van der Waals surface area contributed by atoms with E-state index in [0.29, 0.717) is 27.5 Å². The van der Waals surface area contributed by atoms with Crippen molar-refractivity contribution < 1.29 is 4.79 Å². The molecule has 1 aromatic heterocycles. The third-order valence-electron chi connectivity index (χ3n) is 2.79. The Balaban J connectivity index is 1.85. The average Bonchev–Trinajstić information content (AvgIpc) is 2.97. The number of nitrogens with one attached hydrogen (secondary N) is 1. The fraction of sp³-hybridized carbons (Fsp3) is 0.286. The van der Waals surface area contributed by atoms with Crippen LogP contribution in [0.15, 0.2) is 28.6 Å². The fourth-order valence-electron chi connectivity index (χ4n) is 1.58. The third kappa shape index (κ3) is 5.71. The van der Waals surface area contributed by atoms with E-state index in [9.17, 15) is 4.79 Å². The van der Waals surface area contributed by atoms with E-state index in [2.05, 4.69) is 15.5 Å². The number of amides is 1. The van der Waals surface area contributed by atoms with Crippen molar-refractivity contribution in [3.05, 3.63) is 29.3 Å². The molecule has 1 aromatic carbocycles. The Morgan fingerprint density at radius 3 is 3.09 bits per heavy atom. The molecule has 1 heterocycles. The summed E-state index contributed by atoms with van der Waals surface area (Å²) in [5, 5.41) is 21.0. The van der Waals surface area contributed by atoms with Gasteiger partial charge in [0.15, 0.2) is 4.34 Å². The van der Waals surface area contributed by atoms with E-state index in [-0.39, 0.29) is 11.7 Å². The van der Waals surface area contributed by atoms with E-state index in [4.69, 9.17) is 16.9 Å². The second-order valence-corrected chi connectivity index (χ2v) is 7.16. The molecule has 0 saturated heterocycles. The molecule has 9 heteroatoms. The van der Waals surface area contributed by atoms with Crippen molar-refractivity contribution in [2.24, 2.45) is 0 Å². The van der Waals surface area contributed by atoms with Gasteiger partial charge in [0.05, 0.1) is 18.2 Å². The third-order valence-corrected chi connectivity index (χ3v) is 4.98. The number of carbonyl (C=O) groups is 1. The van der Waals surface area contributed by atoms with Crippen molar-refractivity contribution >= 4 is 51.4 Å². The molecule has 0 unspecified atom stereocenters. The molecule has 2 aromatic rings. The molecule has 0 aliphatic carbocycles. The topological polar surface area (TPSA) is 81.9 Å². The number of aromatic nitrogens is 2. The number of nitriles is 1. The van der Waals surface area contributed by atoms with E-state index in [1.807, 2.05) is 18.2 Å². The minimum atomic E-state index is -0.0372. The summed E-state index contributed by atoms with van der Waals surface area (Å²) >= 11 is 8.63. The highest BCUT2D eigenvalue weighted by atomic mass is 35.5. The van der Waals surface area contributed by atoms with Crippen molar-refractivity contribution in [3.63, 3.8) is 0 Å². The summed E-state index contributed by atoms with van der Waals surface area (Å²) in [6, 6.07) is 9.34. The Morgan fingerprint density at radius 1 is 1.52 bits per heavy atom. The first-order valence-corrected chi connectivity index (χ1v) is 8.86. The smallest absolute Gasteiger partial charge is 0.232 e. The van der Waals surface area contributed by atoms with Crippen LogP contribution in [0.1, 0.15) is 6.42 Å². The van der Waals surface area contributed by atoms with Gasteiger partial charge in [0.1, 0.15) is 0 Å². The number of thioether (sulfide) groups is 1. The predicted octanol–water partition coefficient (Wildman–Crippen LogP) is 3.40. The number of benzene rings is 1. The highest BCUT2D eigenvalue weighted by Crippen LogP contribution is 2.28. The highest BCUT2D eigenvalue weighted by molar-refractivity contribution is 8.01. The monoisotopic (exact) mass is 367 g/mol. The van der Waals surface area contributed by atoms with Crippen LogP contribution in [0.25, 0.3) is 0 Å². The molecule has 1 amide bonds. The number of nitrogens with zero attached hydrogens (tertiary/aromatic N) is 4. The first-order valence-electron chi connectivity index (χ1n) is 6.68. The van der Waals surface area contributed by atoms with Gasteiger partial charge >= 0.3 is 0 Å². The lowest BCUT2D eigenvalue weighted by Crippen LogP contribution is -2.29. The Kier molecular flexibility index (Phi) is 6.65. The van der Waals surface area contributed by atoms with Gasteiger partial charge in [0.2, 0.25) is 11.0 Å². The van der Waals surface area contributed by atoms with Crippen molar-refractivity contribution in [3.8, 4) is 6.07 Å². The summed E-state index contributed by atoms with van der Waals surface area (Å²) in [4.78, 5) is 13.4. The van der Waals surface area contributed by atoms with Crippen molar-refractivity contribution in [2.75, 3.05) is 24.7 Å². The second kappa shape index (κ2) is 8.72. The highest BCUT2D eigenvalue weighted by Gasteiger charge is 2.11. The van der Waals surface area contributed by atoms with Crippen molar-refractivity contribution in [1.29, 1.82) is 5.26 Å². The lowest BCUT2D eigenvalue weighted by atomic mass is 10.3. The number of hydrogen-bond donors (Lipinski definition) is 1. The van der Waals surface area contributed by atoms with Crippen LogP contribution in [0, 0.1) is 11.3 Å². The maximum atomic E-state index is 11.9. The summed E-state index contributed by atoms with van der Waals surface area (Å²) in [6.45, 7) is 0.438. The van der Waals surface area contributed by atoms with Crippen LogP contribution in [-0.2, 0) is 4.79 Å². The Morgan fingerprint density at radius 2 is 2.35 bits per heavy atom. The van der Waals surface area contributed by atoms with Crippen LogP contribution in [0.5, 0.6) is 0 Å². The molecule has 0 spiro atoms. The SMILES string of the molecule is CN(CCC#N)C(=O)CSc1nnc(Nc2cccc(Cl)c2)s1. The number of rotatable bonds is 7. The molecule has 23 heavy (non-hydrogen) atoms. The number of hydrogen-bond acceptors (Lipinski definition) is 7. The van der Waals surface area contributed by atoms with Gasteiger partial charge in [-0.05, 0) is 18.2 Å². The number of anilines is 2. The van der Waals surface area contributed by atoms with E-state index in [1.165, 1.54) is 23.1 Å². The summed E-state index contributed by atoms with van der Waals surface area (Å²) < 4.78 is 0.705. The molecule has 0 bridgehead atoms. The molecular weight excluding hydrogens is 354 g/mol. The van der Waals surface area contributed by atoms with E-state index >= 15 is 0 Å². The molecule has 2 rings (SSSR count). The molecule has 1 N–H and O–H groups in total. The van der Waals surface area contributed by atoms with Gasteiger partial charge in [-0.1, -0.05) is 40.8 Å². The van der Waals surface area contributed by atoms with Gasteiger partial charge in [-0.15, -0.1) is 10.2 Å². The molecule has 0 atom stereocenters. The molecule has 0 fully saturated rings. The summed E-state index contributed by atoms with van der Waals surface area (Å²) in [5.74, 6) is 0.234. The molecule has 0 aliphatic rings. The Labute approximate surface area is 147 Å². The predicted molar refractivity (Wildman–Crippen MR) is 93.2 cm³/mol. The lowest BCUT2D eigenvalue weighted by Gasteiger charge is -2.14. The zero-order valence-corrected chi connectivity index (χ0v) is 14.7. The van der Waals surface area contributed by atoms with Gasteiger partial charge in [0, 0.05) is 24.3 Å². The normalized spacial score (nSPS) is 10.1. The van der Waals surface area contributed by atoms with Gasteiger partial charge < -0.3 is 10.2 Å². The van der Waals surface area contributed by atoms with Crippen molar-refractivity contribution in [1.82, 2.24) is 15.1 Å². The largest absolute Gasteiger partial charge is 0.344 e. The van der Waals surface area contributed by atoms with Crippen LogP contribution in [0.4, 0.5) is 10.8 Å². The van der Waals surface area contributed by atoms with Crippen LogP contribution in [0.3, 0.4) is 0 Å². The fourth-order valence-corrected chi connectivity index (χ4v) is 3.49. The molecule has 0 aliphatic heterocycles. The Hall–Kier alpha value is -1.82. The van der Waals surface area contributed by atoms with E-state index in [0.717, 1.165) is 5.69 Å². The van der Waals surface area contributed by atoms with Crippen molar-refractivity contribution in [2.45, 2.75) is 10.8 Å². The first-order chi connectivity index (χ1) is 11.1. The average molecular weight is 368 g/mol. The number of carbonyl (C=O) groups excluding carboxylic acids is 1. The zero-order valence-electron chi connectivity index (χ0n) is 12.3.